The van der Waals surface area contributed by atoms with Crippen LogP contribution in [0, 0.1) is 0 Å². The van der Waals surface area contributed by atoms with Gasteiger partial charge in [-0.25, -0.2) is 4.79 Å². The summed E-state index contributed by atoms with van der Waals surface area (Å²) in [6, 6.07) is 7.77. The fourth-order valence-electron chi connectivity index (χ4n) is 1.15. The number of hydrogen-bond acceptors (Lipinski definition) is 3. The molecule has 1 aromatic carbocycles. The van der Waals surface area contributed by atoms with Gasteiger partial charge in [-0.2, -0.15) is 0 Å². The smallest absolute Gasteiger partial charge is 0.407 e. The summed E-state index contributed by atoms with van der Waals surface area (Å²) in [4.78, 5) is 11.0. The zero-order valence-corrected chi connectivity index (χ0v) is 8.82. The molecule has 4 heteroatoms. The molecular formula is C11H16N2O2. The molecule has 0 bridgehead atoms. The summed E-state index contributed by atoms with van der Waals surface area (Å²) in [7, 11) is 0. The second kappa shape index (κ2) is 6.03. The highest BCUT2D eigenvalue weighted by Gasteiger charge is 1.99. The molecule has 1 aromatic rings. The maximum Gasteiger partial charge on any atom is 0.407 e. The van der Waals surface area contributed by atoms with E-state index in [1.807, 2.05) is 24.3 Å². The zero-order chi connectivity index (χ0) is 11.1. The van der Waals surface area contributed by atoms with Gasteiger partial charge in [0.1, 0.15) is 0 Å². The van der Waals surface area contributed by atoms with Crippen LogP contribution in [0.1, 0.15) is 18.1 Å². The summed E-state index contributed by atoms with van der Waals surface area (Å²) in [5.41, 5.74) is 7.58. The van der Waals surface area contributed by atoms with Crippen molar-refractivity contribution < 1.29 is 9.53 Å². The van der Waals surface area contributed by atoms with Crippen molar-refractivity contribution >= 4 is 6.09 Å². The van der Waals surface area contributed by atoms with Gasteiger partial charge < -0.3 is 15.8 Å². The zero-order valence-electron chi connectivity index (χ0n) is 8.82. The largest absolute Gasteiger partial charge is 0.450 e. The van der Waals surface area contributed by atoms with E-state index in [9.17, 15) is 4.79 Å². The van der Waals surface area contributed by atoms with Gasteiger partial charge in [-0.05, 0) is 18.1 Å². The van der Waals surface area contributed by atoms with E-state index in [2.05, 4.69) is 5.32 Å². The van der Waals surface area contributed by atoms with Crippen molar-refractivity contribution in [2.75, 3.05) is 6.61 Å². The Labute approximate surface area is 89.4 Å². The minimum Gasteiger partial charge on any atom is -0.450 e. The average Bonchev–Trinajstić information content (AvgIpc) is 2.27. The fourth-order valence-corrected chi connectivity index (χ4v) is 1.15. The number of alkyl carbamates (subject to hydrolysis) is 1. The van der Waals surface area contributed by atoms with Crippen molar-refractivity contribution in [1.29, 1.82) is 0 Å². The normalized spacial score (nSPS) is 9.73. The molecule has 82 valence electrons. The van der Waals surface area contributed by atoms with Gasteiger partial charge in [0.2, 0.25) is 0 Å². The summed E-state index contributed by atoms with van der Waals surface area (Å²) < 4.78 is 4.74. The number of amides is 1. The Balaban J connectivity index is 2.40. The molecule has 1 amide bonds. The summed E-state index contributed by atoms with van der Waals surface area (Å²) in [5, 5.41) is 2.64. The minimum atomic E-state index is -0.389. The van der Waals surface area contributed by atoms with Crippen molar-refractivity contribution in [2.24, 2.45) is 5.73 Å². The van der Waals surface area contributed by atoms with E-state index in [1.165, 1.54) is 0 Å². The number of carbonyl (C=O) groups is 1. The standard InChI is InChI=1S/C11H16N2O2/c1-2-15-11(14)13-8-10-5-3-9(7-12)4-6-10/h3-6H,2,7-8,12H2,1H3,(H,13,14). The Morgan fingerprint density at radius 1 is 1.33 bits per heavy atom. The molecule has 0 aliphatic carbocycles. The van der Waals surface area contributed by atoms with E-state index >= 15 is 0 Å². The molecule has 0 heterocycles. The Kier molecular flexibility index (Phi) is 4.63. The third kappa shape index (κ3) is 3.99. The second-order valence-electron chi connectivity index (χ2n) is 3.09. The van der Waals surface area contributed by atoms with E-state index in [0.29, 0.717) is 19.7 Å². The topological polar surface area (TPSA) is 64.3 Å². The lowest BCUT2D eigenvalue weighted by Crippen LogP contribution is -2.23. The lowest BCUT2D eigenvalue weighted by atomic mass is 10.1. The van der Waals surface area contributed by atoms with Crippen LogP contribution >= 0.6 is 0 Å². The highest BCUT2D eigenvalue weighted by molar-refractivity contribution is 5.67. The average molecular weight is 208 g/mol. The van der Waals surface area contributed by atoms with Crippen LogP contribution in [0.15, 0.2) is 24.3 Å². The van der Waals surface area contributed by atoms with Crippen LogP contribution in [0.4, 0.5) is 4.79 Å². The van der Waals surface area contributed by atoms with Crippen LogP contribution in [0.3, 0.4) is 0 Å². The Morgan fingerprint density at radius 2 is 1.93 bits per heavy atom. The molecule has 0 saturated heterocycles. The van der Waals surface area contributed by atoms with Crippen molar-refractivity contribution in [2.45, 2.75) is 20.0 Å². The molecule has 0 unspecified atom stereocenters. The van der Waals surface area contributed by atoms with Crippen LogP contribution in [0.5, 0.6) is 0 Å². The third-order valence-corrected chi connectivity index (χ3v) is 1.97. The van der Waals surface area contributed by atoms with Gasteiger partial charge in [0.15, 0.2) is 0 Å². The predicted molar refractivity (Wildman–Crippen MR) is 58.2 cm³/mol. The van der Waals surface area contributed by atoms with Gasteiger partial charge in [-0.3, -0.25) is 0 Å². The van der Waals surface area contributed by atoms with E-state index in [0.717, 1.165) is 11.1 Å². The first-order valence-electron chi connectivity index (χ1n) is 4.94. The molecule has 0 aliphatic rings. The predicted octanol–water partition coefficient (Wildman–Crippen LogP) is 1.39. The van der Waals surface area contributed by atoms with Gasteiger partial charge in [0.25, 0.3) is 0 Å². The number of hydrogen-bond donors (Lipinski definition) is 2. The number of rotatable bonds is 4. The molecular weight excluding hydrogens is 192 g/mol. The number of nitrogens with two attached hydrogens (primary N) is 1. The molecule has 0 saturated carbocycles. The number of nitrogens with one attached hydrogen (secondary N) is 1. The van der Waals surface area contributed by atoms with Crippen molar-refractivity contribution in [3.8, 4) is 0 Å². The highest BCUT2D eigenvalue weighted by Crippen LogP contribution is 2.03. The van der Waals surface area contributed by atoms with Gasteiger partial charge in [-0.15, -0.1) is 0 Å². The number of benzene rings is 1. The molecule has 0 aliphatic heterocycles. The first-order chi connectivity index (χ1) is 7.26. The van der Waals surface area contributed by atoms with Crippen LogP contribution in [0.2, 0.25) is 0 Å². The minimum absolute atomic E-state index is 0.387. The summed E-state index contributed by atoms with van der Waals surface area (Å²) in [6.07, 6.45) is -0.389. The van der Waals surface area contributed by atoms with Crippen LogP contribution in [0.25, 0.3) is 0 Å². The Hall–Kier alpha value is -1.55. The van der Waals surface area contributed by atoms with Gasteiger partial charge >= 0.3 is 6.09 Å². The number of carbonyl (C=O) groups excluding carboxylic acids is 1. The van der Waals surface area contributed by atoms with Crippen LogP contribution in [-0.4, -0.2) is 12.7 Å². The first kappa shape index (κ1) is 11.5. The Bertz CT molecular complexity index is 309. The van der Waals surface area contributed by atoms with Gasteiger partial charge in [-0.1, -0.05) is 24.3 Å². The highest BCUT2D eigenvalue weighted by atomic mass is 16.5. The lowest BCUT2D eigenvalue weighted by Gasteiger charge is -2.05. The molecule has 1 rings (SSSR count). The SMILES string of the molecule is CCOC(=O)NCc1ccc(CN)cc1. The maximum atomic E-state index is 11.0. The van der Waals surface area contributed by atoms with E-state index < -0.39 is 0 Å². The van der Waals surface area contributed by atoms with Crippen molar-refractivity contribution in [1.82, 2.24) is 5.32 Å². The second-order valence-corrected chi connectivity index (χ2v) is 3.09. The monoisotopic (exact) mass is 208 g/mol. The molecule has 0 aromatic heterocycles. The Morgan fingerprint density at radius 3 is 2.47 bits per heavy atom. The molecule has 0 fully saturated rings. The van der Waals surface area contributed by atoms with E-state index in [4.69, 9.17) is 10.5 Å². The molecule has 0 radical (unpaired) electrons. The summed E-state index contributed by atoms with van der Waals surface area (Å²) in [6.45, 7) is 3.17. The number of ether oxygens (including phenoxy) is 1. The van der Waals surface area contributed by atoms with Crippen LogP contribution in [-0.2, 0) is 17.8 Å². The van der Waals surface area contributed by atoms with Gasteiger partial charge in [0.05, 0.1) is 6.61 Å². The summed E-state index contributed by atoms with van der Waals surface area (Å²) in [5.74, 6) is 0. The molecule has 3 N–H and O–H groups in total. The first-order valence-corrected chi connectivity index (χ1v) is 4.94. The lowest BCUT2D eigenvalue weighted by molar-refractivity contribution is 0.151. The summed E-state index contributed by atoms with van der Waals surface area (Å²) >= 11 is 0. The fraction of sp³-hybridized carbons (Fsp3) is 0.364. The quantitative estimate of drug-likeness (QED) is 0.786. The maximum absolute atomic E-state index is 11.0. The molecule has 4 nitrogen and oxygen atoms in total. The van der Waals surface area contributed by atoms with Crippen LogP contribution < -0.4 is 11.1 Å². The third-order valence-electron chi connectivity index (χ3n) is 1.97. The van der Waals surface area contributed by atoms with Gasteiger partial charge in [0, 0.05) is 13.1 Å². The van der Waals surface area contributed by atoms with E-state index in [-0.39, 0.29) is 6.09 Å². The molecule has 0 spiro atoms. The van der Waals surface area contributed by atoms with Crippen molar-refractivity contribution in [3.05, 3.63) is 35.4 Å². The van der Waals surface area contributed by atoms with E-state index in [1.54, 1.807) is 6.92 Å². The molecule has 0 atom stereocenters. The van der Waals surface area contributed by atoms with Crippen molar-refractivity contribution in [3.63, 3.8) is 0 Å². The molecule has 15 heavy (non-hydrogen) atoms.